The van der Waals surface area contributed by atoms with Gasteiger partial charge in [-0.25, -0.2) is 5.43 Å². The Bertz CT molecular complexity index is 669. The van der Waals surface area contributed by atoms with Gasteiger partial charge in [-0.1, -0.05) is 41.4 Å². The van der Waals surface area contributed by atoms with Crippen LogP contribution in [0.2, 0.25) is 10.0 Å². The van der Waals surface area contributed by atoms with Crippen LogP contribution >= 0.6 is 23.2 Å². The summed E-state index contributed by atoms with van der Waals surface area (Å²) in [7, 11) is 0. The molecule has 0 aromatic heterocycles. The Labute approximate surface area is 132 Å². The molecule has 0 spiro atoms. The zero-order valence-corrected chi connectivity index (χ0v) is 12.5. The number of nitrogens with one attached hydrogen (secondary N) is 1. The summed E-state index contributed by atoms with van der Waals surface area (Å²) in [6.45, 7) is 0. The molecule has 2 aromatic carbocycles. The van der Waals surface area contributed by atoms with Gasteiger partial charge in [-0.2, -0.15) is 5.10 Å². The van der Waals surface area contributed by atoms with Crippen LogP contribution in [-0.4, -0.2) is 12.1 Å². The first-order valence-electron chi connectivity index (χ1n) is 6.16. The summed E-state index contributed by atoms with van der Waals surface area (Å²) in [5.74, 6) is -0.221. The lowest BCUT2D eigenvalue weighted by Crippen LogP contribution is -2.19. The molecule has 4 nitrogen and oxygen atoms in total. The lowest BCUT2D eigenvalue weighted by atomic mass is 10.1. The Balaban J connectivity index is 1.91. The molecule has 0 heterocycles. The topological polar surface area (TPSA) is 67.5 Å². The van der Waals surface area contributed by atoms with E-state index in [9.17, 15) is 4.79 Å². The van der Waals surface area contributed by atoms with Crippen LogP contribution in [0.5, 0.6) is 0 Å². The van der Waals surface area contributed by atoms with Crippen molar-refractivity contribution in [3.8, 4) is 0 Å². The zero-order chi connectivity index (χ0) is 15.2. The van der Waals surface area contributed by atoms with E-state index in [2.05, 4.69) is 10.5 Å². The summed E-state index contributed by atoms with van der Waals surface area (Å²) in [4.78, 5) is 11.7. The summed E-state index contributed by atoms with van der Waals surface area (Å²) in [5.41, 5.74) is 10.2. The second kappa shape index (κ2) is 7.11. The standard InChI is InChI=1S/C15H13Cl2N3O/c16-12-4-3-11(14(17)8-12)9-19-20-15(21)7-10-1-5-13(18)6-2-10/h1-6,8-9H,7,18H2,(H,20,21)/b19-9-. The molecule has 0 unspecified atom stereocenters. The second-order valence-electron chi connectivity index (χ2n) is 4.38. The summed E-state index contributed by atoms with van der Waals surface area (Å²) < 4.78 is 0. The maximum absolute atomic E-state index is 11.7. The lowest BCUT2D eigenvalue weighted by molar-refractivity contribution is -0.120. The summed E-state index contributed by atoms with van der Waals surface area (Å²) in [5, 5.41) is 4.89. The average Bonchev–Trinajstić information content (AvgIpc) is 2.44. The molecular formula is C15H13Cl2N3O. The van der Waals surface area contributed by atoms with Crippen molar-refractivity contribution in [2.45, 2.75) is 6.42 Å². The molecule has 0 fully saturated rings. The van der Waals surface area contributed by atoms with Gasteiger partial charge >= 0.3 is 0 Å². The van der Waals surface area contributed by atoms with Gasteiger partial charge in [0.25, 0.3) is 0 Å². The van der Waals surface area contributed by atoms with Crippen LogP contribution in [0.25, 0.3) is 0 Å². The Hall–Kier alpha value is -2.04. The quantitative estimate of drug-likeness (QED) is 0.515. The number of carbonyl (C=O) groups is 1. The van der Waals surface area contributed by atoms with E-state index in [1.54, 1.807) is 42.5 Å². The largest absolute Gasteiger partial charge is 0.399 e. The summed E-state index contributed by atoms with van der Waals surface area (Å²) in [6, 6.07) is 12.1. The summed E-state index contributed by atoms with van der Waals surface area (Å²) >= 11 is 11.8. The lowest BCUT2D eigenvalue weighted by Gasteiger charge is -2.02. The third-order valence-corrected chi connectivity index (χ3v) is 3.26. The molecule has 0 aliphatic rings. The highest BCUT2D eigenvalue weighted by atomic mass is 35.5. The number of hydrogen-bond donors (Lipinski definition) is 2. The maximum Gasteiger partial charge on any atom is 0.244 e. The zero-order valence-electron chi connectivity index (χ0n) is 11.0. The Morgan fingerprint density at radius 2 is 1.90 bits per heavy atom. The third kappa shape index (κ3) is 4.77. The number of hydrazone groups is 1. The fourth-order valence-corrected chi connectivity index (χ4v) is 2.10. The van der Waals surface area contributed by atoms with Crippen LogP contribution in [0.4, 0.5) is 5.69 Å². The van der Waals surface area contributed by atoms with Crippen molar-refractivity contribution in [1.29, 1.82) is 0 Å². The molecular weight excluding hydrogens is 309 g/mol. The van der Waals surface area contributed by atoms with Gasteiger partial charge in [0.2, 0.25) is 5.91 Å². The van der Waals surface area contributed by atoms with Crippen LogP contribution in [0, 0.1) is 0 Å². The van der Waals surface area contributed by atoms with Crippen LogP contribution in [0.1, 0.15) is 11.1 Å². The van der Waals surface area contributed by atoms with Crippen molar-refractivity contribution in [2.24, 2.45) is 5.10 Å². The normalized spacial score (nSPS) is 10.8. The minimum absolute atomic E-state index is 0.221. The second-order valence-corrected chi connectivity index (χ2v) is 5.22. The number of hydrogen-bond acceptors (Lipinski definition) is 3. The van der Waals surface area contributed by atoms with E-state index >= 15 is 0 Å². The maximum atomic E-state index is 11.7. The van der Waals surface area contributed by atoms with E-state index in [-0.39, 0.29) is 12.3 Å². The van der Waals surface area contributed by atoms with Gasteiger partial charge in [0.1, 0.15) is 0 Å². The predicted octanol–water partition coefficient (Wildman–Crippen LogP) is 3.27. The first-order chi connectivity index (χ1) is 10.0. The molecule has 108 valence electrons. The highest BCUT2D eigenvalue weighted by Crippen LogP contribution is 2.19. The fraction of sp³-hybridized carbons (Fsp3) is 0.0667. The summed E-state index contributed by atoms with van der Waals surface area (Å²) in [6.07, 6.45) is 1.70. The van der Waals surface area contributed by atoms with Crippen LogP contribution in [0.15, 0.2) is 47.6 Å². The Morgan fingerprint density at radius 1 is 1.19 bits per heavy atom. The molecule has 0 aliphatic carbocycles. The Morgan fingerprint density at radius 3 is 2.57 bits per heavy atom. The fourth-order valence-electron chi connectivity index (χ4n) is 1.64. The number of amides is 1. The van der Waals surface area contributed by atoms with Crippen LogP contribution < -0.4 is 11.2 Å². The molecule has 21 heavy (non-hydrogen) atoms. The van der Waals surface area contributed by atoms with Gasteiger partial charge in [0, 0.05) is 16.3 Å². The van der Waals surface area contributed by atoms with Crippen LogP contribution in [-0.2, 0) is 11.2 Å². The van der Waals surface area contributed by atoms with Gasteiger partial charge in [0.05, 0.1) is 17.7 Å². The van der Waals surface area contributed by atoms with E-state index in [0.29, 0.717) is 21.3 Å². The minimum atomic E-state index is -0.221. The predicted molar refractivity (Wildman–Crippen MR) is 86.8 cm³/mol. The number of rotatable bonds is 4. The highest BCUT2D eigenvalue weighted by molar-refractivity contribution is 6.36. The van der Waals surface area contributed by atoms with Gasteiger partial charge in [0.15, 0.2) is 0 Å². The number of carbonyl (C=O) groups excluding carboxylic acids is 1. The molecule has 1 amide bonds. The molecule has 0 saturated carbocycles. The molecule has 0 bridgehead atoms. The minimum Gasteiger partial charge on any atom is -0.399 e. The molecule has 2 aromatic rings. The molecule has 0 atom stereocenters. The van der Waals surface area contributed by atoms with Crippen molar-refractivity contribution in [1.82, 2.24) is 5.43 Å². The monoisotopic (exact) mass is 321 g/mol. The van der Waals surface area contributed by atoms with Crippen molar-refractivity contribution in [2.75, 3.05) is 5.73 Å². The number of nitrogen functional groups attached to an aromatic ring is 1. The third-order valence-electron chi connectivity index (χ3n) is 2.70. The number of nitrogens with two attached hydrogens (primary N) is 1. The average molecular weight is 322 g/mol. The van der Waals surface area contributed by atoms with E-state index in [0.717, 1.165) is 5.56 Å². The van der Waals surface area contributed by atoms with Gasteiger partial charge in [-0.15, -0.1) is 0 Å². The van der Waals surface area contributed by atoms with Crippen molar-refractivity contribution >= 4 is 41.0 Å². The smallest absolute Gasteiger partial charge is 0.244 e. The molecule has 0 saturated heterocycles. The van der Waals surface area contributed by atoms with E-state index in [4.69, 9.17) is 28.9 Å². The van der Waals surface area contributed by atoms with Gasteiger partial charge < -0.3 is 5.73 Å². The van der Waals surface area contributed by atoms with Crippen molar-refractivity contribution in [3.63, 3.8) is 0 Å². The van der Waals surface area contributed by atoms with Crippen LogP contribution in [0.3, 0.4) is 0 Å². The van der Waals surface area contributed by atoms with E-state index < -0.39 is 0 Å². The Kier molecular flexibility index (Phi) is 5.20. The van der Waals surface area contributed by atoms with Crippen molar-refractivity contribution in [3.05, 3.63) is 63.6 Å². The number of halogens is 2. The van der Waals surface area contributed by atoms with Gasteiger partial charge in [-0.05, 0) is 29.8 Å². The van der Waals surface area contributed by atoms with Gasteiger partial charge in [-0.3, -0.25) is 4.79 Å². The number of benzene rings is 2. The SMILES string of the molecule is Nc1ccc(CC(=O)N/N=C\c2ccc(Cl)cc2Cl)cc1. The highest BCUT2D eigenvalue weighted by Gasteiger charge is 2.02. The first-order valence-corrected chi connectivity index (χ1v) is 6.91. The molecule has 3 N–H and O–H groups in total. The number of anilines is 1. The van der Waals surface area contributed by atoms with E-state index in [1.807, 2.05) is 0 Å². The molecule has 6 heteroatoms. The molecule has 0 aliphatic heterocycles. The molecule has 2 rings (SSSR count). The van der Waals surface area contributed by atoms with Crippen molar-refractivity contribution < 1.29 is 4.79 Å². The molecule has 0 radical (unpaired) electrons. The first kappa shape index (κ1) is 15.4. The van der Waals surface area contributed by atoms with E-state index in [1.165, 1.54) is 6.21 Å². The number of nitrogens with zero attached hydrogens (tertiary/aromatic N) is 1.